The Balaban J connectivity index is 1.56. The summed E-state index contributed by atoms with van der Waals surface area (Å²) in [5.74, 6) is -1.15. The fourth-order valence-corrected chi connectivity index (χ4v) is 2.94. The molecule has 0 aliphatic heterocycles. The van der Waals surface area contributed by atoms with Crippen molar-refractivity contribution in [2.45, 2.75) is 25.7 Å². The van der Waals surface area contributed by atoms with E-state index in [1.807, 2.05) is 0 Å². The average molecular weight is 317 g/mol. The zero-order valence-corrected chi connectivity index (χ0v) is 12.8. The van der Waals surface area contributed by atoms with E-state index in [1.54, 1.807) is 6.26 Å². The SMILES string of the molecule is O=C(O)COCCNC(=O)Cc1coc2cc3c(cc12)CCC3. The van der Waals surface area contributed by atoms with E-state index in [2.05, 4.69) is 17.4 Å². The maximum absolute atomic E-state index is 12.0. The minimum atomic E-state index is -1.02. The van der Waals surface area contributed by atoms with Crippen LogP contribution in [0.25, 0.3) is 11.0 Å². The Kier molecular flexibility index (Phi) is 4.62. The van der Waals surface area contributed by atoms with Gasteiger partial charge in [0.25, 0.3) is 0 Å². The van der Waals surface area contributed by atoms with Crippen molar-refractivity contribution < 1.29 is 23.8 Å². The molecular weight excluding hydrogens is 298 g/mol. The molecule has 2 N–H and O–H groups in total. The first kappa shape index (κ1) is 15.6. The number of carboxylic acid groups (broad SMARTS) is 1. The number of rotatable bonds is 7. The lowest BCUT2D eigenvalue weighted by atomic mass is 10.0. The van der Waals surface area contributed by atoms with Gasteiger partial charge in [-0.1, -0.05) is 0 Å². The van der Waals surface area contributed by atoms with Crippen LogP contribution in [0.15, 0.2) is 22.8 Å². The maximum atomic E-state index is 12.0. The van der Waals surface area contributed by atoms with Crippen LogP contribution < -0.4 is 5.32 Å². The van der Waals surface area contributed by atoms with E-state index in [0.717, 1.165) is 29.4 Å². The number of amides is 1. The minimum Gasteiger partial charge on any atom is -0.480 e. The zero-order valence-electron chi connectivity index (χ0n) is 12.8. The molecule has 23 heavy (non-hydrogen) atoms. The van der Waals surface area contributed by atoms with Gasteiger partial charge in [-0.15, -0.1) is 0 Å². The number of carbonyl (C=O) groups is 2. The molecule has 0 fully saturated rings. The Labute approximate surface area is 133 Å². The summed E-state index contributed by atoms with van der Waals surface area (Å²) in [5.41, 5.74) is 4.40. The molecule has 1 aromatic heterocycles. The van der Waals surface area contributed by atoms with Crippen molar-refractivity contribution in [3.63, 3.8) is 0 Å². The third-order valence-corrected chi connectivity index (χ3v) is 4.01. The summed E-state index contributed by atoms with van der Waals surface area (Å²) in [6.07, 6.45) is 5.24. The van der Waals surface area contributed by atoms with Gasteiger partial charge in [0.2, 0.25) is 5.91 Å². The maximum Gasteiger partial charge on any atom is 0.329 e. The molecule has 2 aromatic rings. The van der Waals surface area contributed by atoms with Crippen LogP contribution in [-0.2, 0) is 33.6 Å². The van der Waals surface area contributed by atoms with Crippen LogP contribution in [0.3, 0.4) is 0 Å². The number of ether oxygens (including phenoxy) is 1. The van der Waals surface area contributed by atoms with Crippen LogP contribution in [0.2, 0.25) is 0 Å². The first-order chi connectivity index (χ1) is 11.1. The predicted octanol–water partition coefficient (Wildman–Crippen LogP) is 1.68. The average Bonchev–Trinajstić information content (AvgIpc) is 3.11. The second-order valence-electron chi connectivity index (χ2n) is 5.70. The third-order valence-electron chi connectivity index (χ3n) is 4.01. The summed E-state index contributed by atoms with van der Waals surface area (Å²) >= 11 is 0. The van der Waals surface area contributed by atoms with E-state index >= 15 is 0 Å². The van der Waals surface area contributed by atoms with Gasteiger partial charge < -0.3 is 19.6 Å². The molecule has 1 aliphatic rings. The lowest BCUT2D eigenvalue weighted by molar-refractivity contribution is -0.142. The van der Waals surface area contributed by atoms with Crippen LogP contribution in [0.5, 0.6) is 0 Å². The number of aryl methyl sites for hydroxylation is 2. The first-order valence-corrected chi connectivity index (χ1v) is 7.71. The normalized spacial score (nSPS) is 13.2. The van der Waals surface area contributed by atoms with Crippen molar-refractivity contribution in [2.75, 3.05) is 19.8 Å². The zero-order chi connectivity index (χ0) is 16.2. The summed E-state index contributed by atoms with van der Waals surface area (Å²) in [5, 5.41) is 12.2. The number of hydrogen-bond acceptors (Lipinski definition) is 4. The fourth-order valence-electron chi connectivity index (χ4n) is 2.94. The van der Waals surface area contributed by atoms with E-state index in [0.29, 0.717) is 0 Å². The van der Waals surface area contributed by atoms with Crippen LogP contribution in [-0.4, -0.2) is 36.7 Å². The van der Waals surface area contributed by atoms with Crippen LogP contribution in [0.4, 0.5) is 0 Å². The van der Waals surface area contributed by atoms with Gasteiger partial charge in [-0.3, -0.25) is 4.79 Å². The van der Waals surface area contributed by atoms with Gasteiger partial charge in [0.05, 0.1) is 19.3 Å². The van der Waals surface area contributed by atoms with Crippen molar-refractivity contribution in [3.8, 4) is 0 Å². The number of nitrogens with one attached hydrogen (secondary N) is 1. The van der Waals surface area contributed by atoms with E-state index in [-0.39, 0.29) is 32.1 Å². The fraction of sp³-hybridized carbons (Fsp3) is 0.412. The summed E-state index contributed by atoms with van der Waals surface area (Å²) in [7, 11) is 0. The molecule has 1 aliphatic carbocycles. The minimum absolute atomic E-state index is 0.132. The summed E-state index contributed by atoms with van der Waals surface area (Å²) in [6, 6.07) is 4.22. The summed E-state index contributed by atoms with van der Waals surface area (Å²) in [4.78, 5) is 22.3. The van der Waals surface area contributed by atoms with Crippen LogP contribution in [0, 0.1) is 0 Å². The quantitative estimate of drug-likeness (QED) is 0.759. The number of benzene rings is 1. The van der Waals surface area contributed by atoms with E-state index < -0.39 is 5.97 Å². The molecule has 0 atom stereocenters. The highest BCUT2D eigenvalue weighted by atomic mass is 16.5. The Bertz CT molecular complexity index is 734. The van der Waals surface area contributed by atoms with Gasteiger partial charge in [0, 0.05) is 17.5 Å². The highest BCUT2D eigenvalue weighted by Gasteiger charge is 2.16. The third kappa shape index (κ3) is 3.71. The molecule has 0 spiro atoms. The molecule has 1 amide bonds. The largest absolute Gasteiger partial charge is 0.480 e. The Morgan fingerprint density at radius 2 is 2.04 bits per heavy atom. The molecule has 0 unspecified atom stereocenters. The number of fused-ring (bicyclic) bond motifs is 2. The topological polar surface area (TPSA) is 88.8 Å². The lowest BCUT2D eigenvalue weighted by Crippen LogP contribution is -2.29. The Morgan fingerprint density at radius 3 is 2.83 bits per heavy atom. The van der Waals surface area contributed by atoms with Crippen molar-refractivity contribution in [3.05, 3.63) is 35.1 Å². The number of carboxylic acids is 1. The molecule has 122 valence electrons. The summed E-state index contributed by atoms with van der Waals surface area (Å²) < 4.78 is 10.4. The molecule has 1 aromatic carbocycles. The standard InChI is InChI=1S/C17H19NO5/c19-16(18-4-5-22-10-17(20)21)8-13-9-23-15-7-12-3-1-2-11(12)6-14(13)15/h6-7,9H,1-5,8,10H2,(H,18,19)(H,20,21). The van der Waals surface area contributed by atoms with Gasteiger partial charge in [-0.25, -0.2) is 4.79 Å². The molecule has 1 heterocycles. The van der Waals surface area contributed by atoms with Crippen LogP contribution in [0.1, 0.15) is 23.1 Å². The van der Waals surface area contributed by atoms with Gasteiger partial charge in [0.15, 0.2) is 0 Å². The summed E-state index contributed by atoms with van der Waals surface area (Å²) in [6.45, 7) is 0.113. The number of carbonyl (C=O) groups excluding carboxylic acids is 1. The lowest BCUT2D eigenvalue weighted by Gasteiger charge is -2.05. The van der Waals surface area contributed by atoms with Crippen molar-refractivity contribution in [1.29, 1.82) is 0 Å². The smallest absolute Gasteiger partial charge is 0.329 e. The van der Waals surface area contributed by atoms with E-state index in [9.17, 15) is 9.59 Å². The number of furan rings is 1. The van der Waals surface area contributed by atoms with Crippen molar-refractivity contribution >= 4 is 22.8 Å². The van der Waals surface area contributed by atoms with Crippen molar-refractivity contribution in [2.24, 2.45) is 0 Å². The molecular formula is C17H19NO5. The highest BCUT2D eigenvalue weighted by Crippen LogP contribution is 2.30. The number of aliphatic carboxylic acids is 1. The molecule has 0 saturated carbocycles. The molecule has 6 heteroatoms. The van der Waals surface area contributed by atoms with Gasteiger partial charge in [0.1, 0.15) is 12.2 Å². The predicted molar refractivity (Wildman–Crippen MR) is 83.4 cm³/mol. The molecule has 0 bridgehead atoms. The first-order valence-electron chi connectivity index (χ1n) is 7.71. The van der Waals surface area contributed by atoms with Crippen molar-refractivity contribution in [1.82, 2.24) is 5.32 Å². The highest BCUT2D eigenvalue weighted by molar-refractivity contribution is 5.88. The van der Waals surface area contributed by atoms with Gasteiger partial charge >= 0.3 is 5.97 Å². The van der Waals surface area contributed by atoms with Gasteiger partial charge in [-0.2, -0.15) is 0 Å². The molecule has 0 radical (unpaired) electrons. The van der Waals surface area contributed by atoms with Crippen LogP contribution >= 0.6 is 0 Å². The van der Waals surface area contributed by atoms with E-state index in [4.69, 9.17) is 14.3 Å². The number of hydrogen-bond donors (Lipinski definition) is 2. The molecule has 3 rings (SSSR count). The molecule has 6 nitrogen and oxygen atoms in total. The molecule has 0 saturated heterocycles. The Hall–Kier alpha value is -2.34. The second kappa shape index (κ2) is 6.83. The van der Waals surface area contributed by atoms with E-state index in [1.165, 1.54) is 17.5 Å². The second-order valence-corrected chi connectivity index (χ2v) is 5.70. The Morgan fingerprint density at radius 1 is 1.26 bits per heavy atom. The monoisotopic (exact) mass is 317 g/mol. The van der Waals surface area contributed by atoms with Gasteiger partial charge in [-0.05, 0) is 42.5 Å².